The number of carbonyl (C=O) groups excluding carboxylic acids is 1. The van der Waals surface area contributed by atoms with E-state index in [4.69, 9.17) is 0 Å². The normalized spacial score (nSPS) is 11.0. The molecule has 1 amide bonds. The van der Waals surface area contributed by atoms with Gasteiger partial charge in [-0.2, -0.15) is 5.10 Å². The van der Waals surface area contributed by atoms with Crippen LogP contribution in [0.1, 0.15) is 12.5 Å². The van der Waals surface area contributed by atoms with Crippen molar-refractivity contribution in [2.24, 2.45) is 5.10 Å². The van der Waals surface area contributed by atoms with Crippen LogP contribution in [-0.4, -0.2) is 21.7 Å². The molecule has 0 saturated heterocycles. The van der Waals surface area contributed by atoms with Crippen LogP contribution in [0.5, 0.6) is 0 Å². The van der Waals surface area contributed by atoms with Gasteiger partial charge in [0.2, 0.25) is 0 Å². The van der Waals surface area contributed by atoms with Gasteiger partial charge in [0.05, 0.1) is 22.2 Å². The molecule has 8 nitrogen and oxygen atoms in total. The molecule has 0 radical (unpaired) electrons. The van der Waals surface area contributed by atoms with E-state index >= 15 is 0 Å². The summed E-state index contributed by atoms with van der Waals surface area (Å²) in [5.41, 5.74) is 0.455. The fraction of sp³-hybridized carbons (Fsp3) is 0.0556. The number of amides is 1. The van der Waals surface area contributed by atoms with E-state index in [2.05, 4.69) is 5.10 Å². The van der Waals surface area contributed by atoms with E-state index in [1.165, 1.54) is 42.2 Å². The first-order chi connectivity index (χ1) is 12.5. The molecular formula is C18H14N4O4. The third-order valence-electron chi connectivity index (χ3n) is 3.71. The molecule has 26 heavy (non-hydrogen) atoms. The zero-order valence-electron chi connectivity index (χ0n) is 13.8. The van der Waals surface area contributed by atoms with Gasteiger partial charge < -0.3 is 0 Å². The minimum absolute atomic E-state index is 0.121. The maximum atomic E-state index is 12.1. The SMILES string of the molecule is CC(=O)N(N=Cc1ccccc1[N+](=O)[O-])n1ccc(=O)c2ccccc21. The van der Waals surface area contributed by atoms with Gasteiger partial charge in [-0.1, -0.05) is 24.3 Å². The molecule has 130 valence electrons. The molecule has 3 aromatic rings. The van der Waals surface area contributed by atoms with E-state index in [1.807, 2.05) is 0 Å². The number of pyridine rings is 1. The predicted molar refractivity (Wildman–Crippen MR) is 97.8 cm³/mol. The van der Waals surface area contributed by atoms with Crippen LogP contribution in [0, 0.1) is 10.1 Å². The van der Waals surface area contributed by atoms with Crippen molar-refractivity contribution in [1.29, 1.82) is 0 Å². The summed E-state index contributed by atoms with van der Waals surface area (Å²) in [5, 5.41) is 16.7. The molecule has 0 bridgehead atoms. The fourth-order valence-electron chi connectivity index (χ4n) is 2.52. The largest absolute Gasteiger partial charge is 0.289 e. The topological polar surface area (TPSA) is 97.8 Å². The molecule has 0 unspecified atom stereocenters. The Hall–Kier alpha value is -3.81. The number of nitrogens with zero attached hydrogens (tertiary/aromatic N) is 4. The van der Waals surface area contributed by atoms with E-state index in [9.17, 15) is 19.7 Å². The molecule has 0 atom stereocenters. The molecule has 1 aromatic heterocycles. The van der Waals surface area contributed by atoms with Gasteiger partial charge in [-0.15, -0.1) is 5.12 Å². The van der Waals surface area contributed by atoms with Crippen molar-refractivity contribution >= 4 is 28.7 Å². The van der Waals surface area contributed by atoms with E-state index in [0.29, 0.717) is 10.9 Å². The lowest BCUT2D eigenvalue weighted by Gasteiger charge is -2.20. The fourth-order valence-corrected chi connectivity index (χ4v) is 2.52. The average molecular weight is 350 g/mol. The van der Waals surface area contributed by atoms with Crippen molar-refractivity contribution in [3.8, 4) is 0 Å². The Labute approximate surface area is 147 Å². The van der Waals surface area contributed by atoms with Gasteiger partial charge in [0.15, 0.2) is 5.43 Å². The molecule has 0 fully saturated rings. The molecule has 0 saturated carbocycles. The first-order valence-electron chi connectivity index (χ1n) is 7.68. The highest BCUT2D eigenvalue weighted by molar-refractivity contribution is 5.91. The highest BCUT2D eigenvalue weighted by Crippen LogP contribution is 2.16. The summed E-state index contributed by atoms with van der Waals surface area (Å²) in [7, 11) is 0. The Kier molecular flexibility index (Phi) is 4.57. The molecule has 8 heteroatoms. The molecule has 0 N–H and O–H groups in total. The summed E-state index contributed by atoms with van der Waals surface area (Å²) >= 11 is 0. The minimum Gasteiger partial charge on any atom is -0.289 e. The third-order valence-corrected chi connectivity index (χ3v) is 3.71. The van der Waals surface area contributed by atoms with E-state index in [1.54, 1.807) is 36.4 Å². The Bertz CT molecular complexity index is 1090. The number of nitro groups is 1. The average Bonchev–Trinajstić information content (AvgIpc) is 2.63. The first kappa shape index (κ1) is 17.0. The van der Waals surface area contributed by atoms with Gasteiger partial charge in [-0.3, -0.25) is 19.7 Å². The summed E-state index contributed by atoms with van der Waals surface area (Å²) < 4.78 is 1.42. The van der Waals surface area contributed by atoms with Crippen LogP contribution in [0.3, 0.4) is 0 Å². The maximum Gasteiger partial charge on any atom is 0.278 e. The summed E-state index contributed by atoms with van der Waals surface area (Å²) in [6.45, 7) is 1.31. The molecule has 0 spiro atoms. The Morgan fingerprint density at radius 3 is 2.58 bits per heavy atom. The number of nitro benzene ring substituents is 1. The minimum atomic E-state index is -0.520. The molecule has 1 heterocycles. The zero-order chi connectivity index (χ0) is 18.7. The number of hydrazone groups is 1. The van der Waals surface area contributed by atoms with Crippen molar-refractivity contribution in [2.45, 2.75) is 6.92 Å². The van der Waals surface area contributed by atoms with Crippen LogP contribution in [-0.2, 0) is 4.79 Å². The molecule has 0 aliphatic rings. The van der Waals surface area contributed by atoms with Gasteiger partial charge >= 0.3 is 0 Å². The van der Waals surface area contributed by atoms with Crippen molar-refractivity contribution in [1.82, 2.24) is 4.68 Å². The second kappa shape index (κ2) is 6.98. The lowest BCUT2D eigenvalue weighted by atomic mass is 10.2. The number of hydrogen-bond acceptors (Lipinski definition) is 5. The Morgan fingerprint density at radius 1 is 1.15 bits per heavy atom. The number of hydrogen-bond donors (Lipinski definition) is 0. The lowest BCUT2D eigenvalue weighted by Crippen LogP contribution is -2.34. The van der Waals surface area contributed by atoms with Gasteiger partial charge in [0.1, 0.15) is 0 Å². The highest BCUT2D eigenvalue weighted by Gasteiger charge is 2.14. The van der Waals surface area contributed by atoms with Crippen molar-refractivity contribution in [3.63, 3.8) is 0 Å². The molecule has 3 rings (SSSR count). The summed E-state index contributed by atoms with van der Waals surface area (Å²) in [5.74, 6) is -0.423. The molecular weight excluding hydrogens is 336 g/mol. The number of benzene rings is 2. The second-order valence-corrected chi connectivity index (χ2v) is 5.41. The molecule has 2 aromatic carbocycles. The maximum absolute atomic E-state index is 12.1. The zero-order valence-corrected chi connectivity index (χ0v) is 13.8. The van der Waals surface area contributed by atoms with Crippen molar-refractivity contribution < 1.29 is 9.72 Å². The van der Waals surface area contributed by atoms with Gasteiger partial charge in [0.25, 0.3) is 11.6 Å². The second-order valence-electron chi connectivity index (χ2n) is 5.41. The van der Waals surface area contributed by atoms with Gasteiger partial charge in [0, 0.05) is 30.6 Å². The lowest BCUT2D eigenvalue weighted by molar-refractivity contribution is -0.385. The number of carbonyl (C=O) groups is 1. The van der Waals surface area contributed by atoms with Crippen LogP contribution >= 0.6 is 0 Å². The Balaban J connectivity index is 2.11. The number of fused-ring (bicyclic) bond motifs is 1. The van der Waals surface area contributed by atoms with Crippen LogP contribution in [0.25, 0.3) is 10.9 Å². The van der Waals surface area contributed by atoms with E-state index in [0.717, 1.165) is 5.12 Å². The van der Waals surface area contributed by atoms with Crippen LogP contribution in [0.2, 0.25) is 0 Å². The van der Waals surface area contributed by atoms with Gasteiger partial charge in [-0.25, -0.2) is 4.68 Å². The van der Waals surface area contributed by atoms with E-state index in [-0.39, 0.29) is 16.7 Å². The van der Waals surface area contributed by atoms with Gasteiger partial charge in [-0.05, 0) is 18.2 Å². The van der Waals surface area contributed by atoms with Crippen LogP contribution < -0.4 is 10.5 Å². The quantitative estimate of drug-likeness (QED) is 0.410. The monoisotopic (exact) mass is 350 g/mol. The van der Waals surface area contributed by atoms with E-state index < -0.39 is 10.8 Å². The first-order valence-corrected chi connectivity index (χ1v) is 7.68. The van der Waals surface area contributed by atoms with Crippen LogP contribution in [0.15, 0.2) is 70.7 Å². The molecule has 0 aliphatic heterocycles. The predicted octanol–water partition coefficient (Wildman–Crippen LogP) is 2.43. The smallest absolute Gasteiger partial charge is 0.278 e. The summed E-state index contributed by atoms with van der Waals surface area (Å²) in [6, 6.07) is 14.2. The number of aromatic nitrogens is 1. The number of para-hydroxylation sites is 2. The third kappa shape index (κ3) is 3.20. The Morgan fingerprint density at radius 2 is 1.85 bits per heavy atom. The van der Waals surface area contributed by atoms with Crippen molar-refractivity contribution in [3.05, 3.63) is 86.7 Å². The number of rotatable bonds is 4. The molecule has 0 aliphatic carbocycles. The summed E-state index contributed by atoms with van der Waals surface area (Å²) in [4.78, 5) is 34.7. The standard InChI is InChI=1S/C18H14N4O4/c1-13(23)21(19-12-14-6-2-4-8-16(14)22(25)26)20-11-10-18(24)15-7-3-5-9-17(15)20/h2-12H,1H3. The van der Waals surface area contributed by atoms with Crippen molar-refractivity contribution in [2.75, 3.05) is 5.12 Å². The summed E-state index contributed by atoms with van der Waals surface area (Å²) in [6.07, 6.45) is 2.68. The highest BCUT2D eigenvalue weighted by atomic mass is 16.6. The van der Waals surface area contributed by atoms with Crippen LogP contribution in [0.4, 0.5) is 5.69 Å².